The second-order valence-corrected chi connectivity index (χ2v) is 6.16. The SMILES string of the molecule is C1=C(c2ccc(-c3ccccc3)s2)Cc2ccccc21. The maximum absolute atomic E-state index is 2.33. The van der Waals surface area contributed by atoms with E-state index >= 15 is 0 Å². The Kier molecular flexibility index (Phi) is 2.79. The molecule has 3 aromatic rings. The van der Waals surface area contributed by atoms with E-state index in [1.165, 1.54) is 32.0 Å². The Labute approximate surface area is 123 Å². The topological polar surface area (TPSA) is 0 Å². The van der Waals surface area contributed by atoms with Crippen LogP contribution in [0.3, 0.4) is 0 Å². The van der Waals surface area contributed by atoms with E-state index in [2.05, 4.69) is 72.8 Å². The van der Waals surface area contributed by atoms with Gasteiger partial charge in [-0.25, -0.2) is 0 Å². The normalized spacial score (nSPS) is 13.1. The van der Waals surface area contributed by atoms with Crippen LogP contribution in [0.1, 0.15) is 16.0 Å². The van der Waals surface area contributed by atoms with Crippen molar-refractivity contribution in [2.45, 2.75) is 6.42 Å². The molecule has 20 heavy (non-hydrogen) atoms. The lowest BCUT2D eigenvalue weighted by Crippen LogP contribution is -1.81. The number of thiophene rings is 1. The molecule has 2 aromatic carbocycles. The summed E-state index contributed by atoms with van der Waals surface area (Å²) in [5.41, 5.74) is 5.56. The summed E-state index contributed by atoms with van der Waals surface area (Å²) < 4.78 is 0. The highest BCUT2D eigenvalue weighted by atomic mass is 32.1. The second kappa shape index (κ2) is 4.77. The lowest BCUT2D eigenvalue weighted by molar-refractivity contribution is 1.33. The maximum atomic E-state index is 2.33. The highest BCUT2D eigenvalue weighted by Gasteiger charge is 2.15. The fraction of sp³-hybridized carbons (Fsp3) is 0.0526. The molecular weight excluding hydrogens is 260 g/mol. The molecule has 0 bridgehead atoms. The van der Waals surface area contributed by atoms with Gasteiger partial charge in [-0.3, -0.25) is 0 Å². The van der Waals surface area contributed by atoms with Gasteiger partial charge < -0.3 is 0 Å². The van der Waals surface area contributed by atoms with Crippen LogP contribution >= 0.6 is 11.3 Å². The quantitative estimate of drug-likeness (QED) is 0.578. The van der Waals surface area contributed by atoms with Gasteiger partial charge in [-0.05, 0) is 46.9 Å². The average molecular weight is 274 g/mol. The van der Waals surface area contributed by atoms with Gasteiger partial charge in [0.05, 0.1) is 0 Å². The minimum Gasteiger partial charge on any atom is -0.136 e. The van der Waals surface area contributed by atoms with Crippen LogP contribution in [0.4, 0.5) is 0 Å². The van der Waals surface area contributed by atoms with Gasteiger partial charge in [-0.15, -0.1) is 11.3 Å². The number of allylic oxidation sites excluding steroid dienone is 1. The smallest absolute Gasteiger partial charge is 0.0349 e. The summed E-state index contributed by atoms with van der Waals surface area (Å²) in [7, 11) is 0. The Bertz CT molecular complexity index is 778. The Morgan fingerprint density at radius 2 is 1.45 bits per heavy atom. The van der Waals surface area contributed by atoms with Gasteiger partial charge in [0, 0.05) is 9.75 Å². The van der Waals surface area contributed by atoms with Crippen molar-refractivity contribution in [1.29, 1.82) is 0 Å². The first kappa shape index (κ1) is 11.7. The minimum atomic E-state index is 1.06. The van der Waals surface area contributed by atoms with Gasteiger partial charge in [0.2, 0.25) is 0 Å². The molecule has 0 nitrogen and oxygen atoms in total. The molecule has 1 aliphatic rings. The first-order valence-corrected chi connectivity index (χ1v) is 7.66. The standard InChI is InChI=1S/C19H14S/c1-2-6-14(7-3-1)18-10-11-19(20-18)17-12-15-8-4-5-9-16(15)13-17/h1-12H,13H2. The van der Waals surface area contributed by atoms with Crippen molar-refractivity contribution >= 4 is 23.0 Å². The third-order valence-corrected chi connectivity index (χ3v) is 4.96. The molecule has 0 spiro atoms. The summed E-state index contributed by atoms with van der Waals surface area (Å²) in [4.78, 5) is 2.73. The van der Waals surface area contributed by atoms with Gasteiger partial charge in [-0.1, -0.05) is 54.6 Å². The first-order valence-electron chi connectivity index (χ1n) is 6.84. The number of rotatable bonds is 2. The van der Waals surface area contributed by atoms with Gasteiger partial charge in [0.25, 0.3) is 0 Å². The predicted molar refractivity (Wildman–Crippen MR) is 87.8 cm³/mol. The van der Waals surface area contributed by atoms with Crippen LogP contribution in [0, 0.1) is 0 Å². The van der Waals surface area contributed by atoms with Crippen LogP contribution in [0.25, 0.3) is 22.1 Å². The van der Waals surface area contributed by atoms with Crippen molar-refractivity contribution in [3.8, 4) is 10.4 Å². The third kappa shape index (κ3) is 2.00. The van der Waals surface area contributed by atoms with E-state index < -0.39 is 0 Å². The molecule has 4 rings (SSSR count). The number of fused-ring (bicyclic) bond motifs is 1. The molecule has 0 atom stereocenters. The highest BCUT2D eigenvalue weighted by molar-refractivity contribution is 7.16. The van der Waals surface area contributed by atoms with Crippen LogP contribution in [0.5, 0.6) is 0 Å². The van der Waals surface area contributed by atoms with E-state index in [-0.39, 0.29) is 0 Å². The lowest BCUT2D eigenvalue weighted by atomic mass is 10.1. The molecule has 0 unspecified atom stereocenters. The van der Waals surface area contributed by atoms with E-state index in [0.29, 0.717) is 0 Å². The zero-order valence-corrected chi connectivity index (χ0v) is 11.9. The highest BCUT2D eigenvalue weighted by Crippen LogP contribution is 2.37. The van der Waals surface area contributed by atoms with Gasteiger partial charge in [0.1, 0.15) is 0 Å². The van der Waals surface area contributed by atoms with Crippen LogP contribution in [0.15, 0.2) is 66.7 Å². The maximum Gasteiger partial charge on any atom is 0.0349 e. The fourth-order valence-electron chi connectivity index (χ4n) is 2.71. The van der Waals surface area contributed by atoms with E-state index in [9.17, 15) is 0 Å². The van der Waals surface area contributed by atoms with Crippen molar-refractivity contribution in [2.75, 3.05) is 0 Å². The van der Waals surface area contributed by atoms with Gasteiger partial charge in [-0.2, -0.15) is 0 Å². The summed E-state index contributed by atoms with van der Waals surface area (Å²) in [5, 5.41) is 0. The Morgan fingerprint density at radius 3 is 2.30 bits per heavy atom. The molecule has 96 valence electrons. The number of hydrogen-bond acceptors (Lipinski definition) is 1. The molecule has 1 aliphatic carbocycles. The molecule has 1 heterocycles. The largest absolute Gasteiger partial charge is 0.136 e. The molecule has 1 heteroatoms. The van der Waals surface area contributed by atoms with Crippen LogP contribution < -0.4 is 0 Å². The van der Waals surface area contributed by atoms with Crippen LogP contribution in [-0.4, -0.2) is 0 Å². The molecule has 1 aromatic heterocycles. The molecule has 0 N–H and O–H groups in total. The molecule has 0 radical (unpaired) electrons. The van der Waals surface area contributed by atoms with Crippen molar-refractivity contribution in [1.82, 2.24) is 0 Å². The van der Waals surface area contributed by atoms with Crippen molar-refractivity contribution in [3.05, 3.63) is 82.7 Å². The van der Waals surface area contributed by atoms with Crippen molar-refractivity contribution in [3.63, 3.8) is 0 Å². The van der Waals surface area contributed by atoms with E-state index in [0.717, 1.165) is 6.42 Å². The zero-order chi connectivity index (χ0) is 13.4. The van der Waals surface area contributed by atoms with Crippen LogP contribution in [0.2, 0.25) is 0 Å². The first-order chi connectivity index (χ1) is 9.90. The molecule has 0 saturated carbocycles. The van der Waals surface area contributed by atoms with Crippen molar-refractivity contribution < 1.29 is 0 Å². The molecular formula is C19H14S. The van der Waals surface area contributed by atoms with E-state index in [4.69, 9.17) is 0 Å². The van der Waals surface area contributed by atoms with Gasteiger partial charge in [0.15, 0.2) is 0 Å². The Morgan fingerprint density at radius 1 is 0.700 bits per heavy atom. The summed E-state index contributed by atoms with van der Waals surface area (Å²) in [6.45, 7) is 0. The second-order valence-electron chi connectivity index (χ2n) is 5.08. The Balaban J connectivity index is 1.68. The number of benzene rings is 2. The van der Waals surface area contributed by atoms with Crippen LogP contribution in [-0.2, 0) is 6.42 Å². The zero-order valence-electron chi connectivity index (χ0n) is 11.0. The predicted octanol–water partition coefficient (Wildman–Crippen LogP) is 5.51. The minimum absolute atomic E-state index is 1.06. The molecule has 0 amide bonds. The molecule has 0 fully saturated rings. The fourth-order valence-corrected chi connectivity index (χ4v) is 3.73. The lowest BCUT2D eigenvalue weighted by Gasteiger charge is -1.98. The summed E-state index contributed by atoms with van der Waals surface area (Å²) in [6.07, 6.45) is 3.39. The monoisotopic (exact) mass is 274 g/mol. The Hall–Kier alpha value is -2.12. The molecule has 0 aliphatic heterocycles. The molecule has 0 saturated heterocycles. The van der Waals surface area contributed by atoms with Crippen molar-refractivity contribution in [2.24, 2.45) is 0 Å². The summed E-state index contributed by atoms with van der Waals surface area (Å²) in [6, 6.07) is 23.8. The summed E-state index contributed by atoms with van der Waals surface area (Å²) >= 11 is 1.89. The third-order valence-electron chi connectivity index (χ3n) is 3.75. The average Bonchev–Trinajstić information content (AvgIpc) is 3.14. The number of hydrogen-bond donors (Lipinski definition) is 0. The summed E-state index contributed by atoms with van der Waals surface area (Å²) in [5.74, 6) is 0. The van der Waals surface area contributed by atoms with E-state index in [1.54, 1.807) is 0 Å². The van der Waals surface area contributed by atoms with E-state index in [1.807, 2.05) is 11.3 Å². The van der Waals surface area contributed by atoms with Gasteiger partial charge >= 0.3 is 0 Å².